The van der Waals surface area contributed by atoms with Crippen LogP contribution in [0.2, 0.25) is 5.02 Å². The molecule has 0 spiro atoms. The number of amides is 1. The van der Waals surface area contributed by atoms with Gasteiger partial charge >= 0.3 is 5.97 Å². The summed E-state index contributed by atoms with van der Waals surface area (Å²) < 4.78 is 0. The number of carbonyl (C=O) groups is 2. The second-order valence-corrected chi connectivity index (χ2v) is 4.82. The van der Waals surface area contributed by atoms with E-state index in [1.54, 1.807) is 42.5 Å². The molecular formula is C15H10ClNO3. The molecule has 0 unspecified atom stereocenters. The highest BCUT2D eigenvalue weighted by molar-refractivity contribution is 6.30. The quantitative estimate of drug-likeness (QED) is 0.810. The van der Waals surface area contributed by atoms with Crippen molar-refractivity contribution in [2.45, 2.75) is 6.54 Å². The van der Waals surface area contributed by atoms with Crippen molar-refractivity contribution in [1.29, 1.82) is 0 Å². The first kappa shape index (κ1) is 12.7. The molecule has 2 aromatic carbocycles. The second-order valence-electron chi connectivity index (χ2n) is 4.39. The summed E-state index contributed by atoms with van der Waals surface area (Å²) in [5, 5.41) is 1.57. The lowest BCUT2D eigenvalue weighted by Gasteiger charge is -2.26. The third kappa shape index (κ3) is 2.26. The molecule has 0 atom stereocenters. The molecule has 0 N–H and O–H groups in total. The molecule has 1 aliphatic rings. The van der Waals surface area contributed by atoms with Crippen LogP contribution in [0, 0.1) is 0 Å². The van der Waals surface area contributed by atoms with Crippen molar-refractivity contribution in [1.82, 2.24) is 5.06 Å². The molecule has 3 rings (SSSR count). The molecule has 1 amide bonds. The zero-order valence-corrected chi connectivity index (χ0v) is 11.1. The van der Waals surface area contributed by atoms with E-state index in [9.17, 15) is 9.59 Å². The van der Waals surface area contributed by atoms with Crippen molar-refractivity contribution in [3.8, 4) is 0 Å². The number of nitrogens with zero attached hydrogens (tertiary/aromatic N) is 1. The van der Waals surface area contributed by atoms with Crippen molar-refractivity contribution >= 4 is 23.5 Å². The van der Waals surface area contributed by atoms with Crippen molar-refractivity contribution in [2.75, 3.05) is 0 Å². The van der Waals surface area contributed by atoms with Gasteiger partial charge in [-0.25, -0.2) is 4.79 Å². The number of carbonyl (C=O) groups excluding carboxylic acids is 2. The molecule has 0 saturated carbocycles. The lowest BCUT2D eigenvalue weighted by molar-refractivity contribution is -0.0929. The van der Waals surface area contributed by atoms with Gasteiger partial charge in [0.05, 0.1) is 12.1 Å². The molecule has 4 nitrogen and oxygen atoms in total. The van der Waals surface area contributed by atoms with E-state index in [1.807, 2.05) is 6.07 Å². The fourth-order valence-corrected chi connectivity index (χ4v) is 2.26. The molecule has 0 bridgehead atoms. The van der Waals surface area contributed by atoms with Gasteiger partial charge in [-0.1, -0.05) is 29.8 Å². The molecule has 1 aliphatic heterocycles. The van der Waals surface area contributed by atoms with Gasteiger partial charge in [0.2, 0.25) is 0 Å². The van der Waals surface area contributed by atoms with Crippen LogP contribution in [-0.2, 0) is 11.4 Å². The normalized spacial score (nSPS) is 13.7. The maximum Gasteiger partial charge on any atom is 0.363 e. The Morgan fingerprint density at radius 1 is 1.15 bits per heavy atom. The van der Waals surface area contributed by atoms with Gasteiger partial charge in [0, 0.05) is 10.6 Å². The number of hydrogen-bond acceptors (Lipinski definition) is 3. The Bertz CT molecular complexity index is 685. The molecule has 5 heteroatoms. The Kier molecular flexibility index (Phi) is 3.16. The minimum Gasteiger partial charge on any atom is -0.332 e. The number of hydroxylamine groups is 2. The minimum atomic E-state index is -0.549. The van der Waals surface area contributed by atoms with Gasteiger partial charge in [-0.3, -0.25) is 4.79 Å². The molecule has 20 heavy (non-hydrogen) atoms. The Hall–Kier alpha value is -2.33. The smallest absolute Gasteiger partial charge is 0.332 e. The zero-order valence-electron chi connectivity index (χ0n) is 10.4. The van der Waals surface area contributed by atoms with E-state index in [0.717, 1.165) is 5.06 Å². The average Bonchev–Trinajstić information content (AvgIpc) is 2.46. The van der Waals surface area contributed by atoms with Crippen LogP contribution < -0.4 is 0 Å². The van der Waals surface area contributed by atoms with E-state index in [-0.39, 0.29) is 12.5 Å². The highest BCUT2D eigenvalue weighted by Gasteiger charge is 2.29. The molecule has 100 valence electrons. The van der Waals surface area contributed by atoms with Gasteiger partial charge in [0.25, 0.3) is 5.91 Å². The molecule has 0 aromatic heterocycles. The van der Waals surface area contributed by atoms with E-state index in [2.05, 4.69) is 0 Å². The monoisotopic (exact) mass is 287 g/mol. The topological polar surface area (TPSA) is 46.6 Å². The summed E-state index contributed by atoms with van der Waals surface area (Å²) in [6.45, 7) is 0.190. The summed E-state index contributed by atoms with van der Waals surface area (Å²) in [6.07, 6.45) is 0. The molecular weight excluding hydrogens is 278 g/mol. The third-order valence-electron chi connectivity index (χ3n) is 3.04. The zero-order chi connectivity index (χ0) is 14.1. The summed E-state index contributed by atoms with van der Waals surface area (Å²) in [5.41, 5.74) is 1.58. The van der Waals surface area contributed by atoms with Gasteiger partial charge < -0.3 is 4.84 Å². The van der Waals surface area contributed by atoms with Crippen LogP contribution in [0.25, 0.3) is 0 Å². The van der Waals surface area contributed by atoms with Gasteiger partial charge in [-0.2, -0.15) is 5.06 Å². The molecule has 2 aromatic rings. The number of fused-ring (bicyclic) bond motifs is 1. The summed E-state index contributed by atoms with van der Waals surface area (Å²) in [7, 11) is 0. The Balaban J connectivity index is 1.91. The number of halogens is 1. The van der Waals surface area contributed by atoms with Crippen LogP contribution >= 0.6 is 11.6 Å². The van der Waals surface area contributed by atoms with Crippen LogP contribution in [0.4, 0.5) is 0 Å². The average molecular weight is 288 g/mol. The van der Waals surface area contributed by atoms with Crippen molar-refractivity contribution in [3.63, 3.8) is 0 Å². The van der Waals surface area contributed by atoms with E-state index >= 15 is 0 Å². The predicted molar refractivity (Wildman–Crippen MR) is 73.2 cm³/mol. The summed E-state index contributed by atoms with van der Waals surface area (Å²) in [6, 6.07) is 13.6. The first-order valence-corrected chi connectivity index (χ1v) is 6.40. The van der Waals surface area contributed by atoms with Gasteiger partial charge in [0.15, 0.2) is 0 Å². The number of hydrogen-bond donors (Lipinski definition) is 0. The highest BCUT2D eigenvalue weighted by atomic mass is 35.5. The van der Waals surface area contributed by atoms with Crippen LogP contribution in [0.1, 0.15) is 26.3 Å². The predicted octanol–water partition coefficient (Wildman–Crippen LogP) is 3.07. The number of rotatable bonds is 1. The molecule has 0 aliphatic carbocycles. The van der Waals surface area contributed by atoms with E-state index in [1.165, 1.54) is 0 Å². The van der Waals surface area contributed by atoms with Crippen LogP contribution in [0.3, 0.4) is 0 Å². The third-order valence-corrected chi connectivity index (χ3v) is 3.28. The second kappa shape index (κ2) is 4.98. The van der Waals surface area contributed by atoms with Crippen molar-refractivity contribution in [2.24, 2.45) is 0 Å². The van der Waals surface area contributed by atoms with Crippen molar-refractivity contribution in [3.05, 3.63) is 70.2 Å². The molecule has 0 fully saturated rings. The first-order chi connectivity index (χ1) is 9.65. The van der Waals surface area contributed by atoms with Gasteiger partial charge in [-0.15, -0.1) is 0 Å². The SMILES string of the molecule is O=C1ON(C(=O)c2ccccc2)Cc2cc(Cl)ccc21. The van der Waals surface area contributed by atoms with E-state index in [4.69, 9.17) is 16.4 Å². The van der Waals surface area contributed by atoms with Gasteiger partial charge in [0.1, 0.15) is 0 Å². The number of benzene rings is 2. The molecule has 1 heterocycles. The maximum atomic E-state index is 12.3. The Morgan fingerprint density at radius 2 is 1.90 bits per heavy atom. The summed E-state index contributed by atoms with van der Waals surface area (Å²) in [4.78, 5) is 29.2. The lowest BCUT2D eigenvalue weighted by Crippen LogP contribution is -2.37. The van der Waals surface area contributed by atoms with E-state index < -0.39 is 5.97 Å². The molecule has 0 saturated heterocycles. The Morgan fingerprint density at radius 3 is 2.65 bits per heavy atom. The summed E-state index contributed by atoms with van der Waals surface area (Å²) in [5.74, 6) is -0.906. The van der Waals surface area contributed by atoms with Crippen LogP contribution in [0.15, 0.2) is 48.5 Å². The molecule has 0 radical (unpaired) electrons. The van der Waals surface area contributed by atoms with Crippen molar-refractivity contribution < 1.29 is 14.4 Å². The highest BCUT2D eigenvalue weighted by Crippen LogP contribution is 2.24. The standard InChI is InChI=1S/C15H10ClNO3/c16-12-6-7-13-11(8-12)9-17(20-15(13)19)14(18)10-4-2-1-3-5-10/h1-8H,9H2. The fraction of sp³-hybridized carbons (Fsp3) is 0.0667. The minimum absolute atomic E-state index is 0.190. The maximum absolute atomic E-state index is 12.3. The first-order valence-electron chi connectivity index (χ1n) is 6.03. The van der Waals surface area contributed by atoms with Crippen LogP contribution in [0.5, 0.6) is 0 Å². The lowest BCUT2D eigenvalue weighted by atomic mass is 10.1. The largest absolute Gasteiger partial charge is 0.363 e. The fourth-order valence-electron chi connectivity index (χ4n) is 2.07. The van der Waals surface area contributed by atoms with Crippen LogP contribution in [-0.4, -0.2) is 16.9 Å². The Labute approximate surface area is 120 Å². The summed E-state index contributed by atoms with van der Waals surface area (Å²) >= 11 is 5.91. The van der Waals surface area contributed by atoms with Gasteiger partial charge in [-0.05, 0) is 35.9 Å². The van der Waals surface area contributed by atoms with E-state index in [0.29, 0.717) is 21.7 Å².